The highest BCUT2D eigenvalue weighted by atomic mass is 32.1. The molecule has 0 spiro atoms. The fraction of sp³-hybridized carbons (Fsp3) is 0.316. The lowest BCUT2D eigenvalue weighted by atomic mass is 10.2. The van der Waals surface area contributed by atoms with Gasteiger partial charge in [0.05, 0.1) is 18.0 Å². The molecule has 0 saturated carbocycles. The van der Waals surface area contributed by atoms with E-state index in [4.69, 9.17) is 0 Å². The average molecular weight is 359 g/mol. The second kappa shape index (κ2) is 7.91. The Morgan fingerprint density at radius 3 is 2.64 bits per heavy atom. The van der Waals surface area contributed by atoms with Crippen LogP contribution in [0, 0.1) is 12.7 Å². The summed E-state index contributed by atoms with van der Waals surface area (Å²) < 4.78 is 14.8. The van der Waals surface area contributed by atoms with Crippen molar-refractivity contribution in [2.45, 2.75) is 33.0 Å². The van der Waals surface area contributed by atoms with Crippen molar-refractivity contribution in [1.82, 2.24) is 14.7 Å². The van der Waals surface area contributed by atoms with Crippen molar-refractivity contribution in [3.63, 3.8) is 0 Å². The van der Waals surface area contributed by atoms with Crippen molar-refractivity contribution >= 4 is 11.3 Å². The van der Waals surface area contributed by atoms with Gasteiger partial charge in [0.2, 0.25) is 0 Å². The Kier molecular flexibility index (Phi) is 5.63. The molecule has 0 saturated heterocycles. The van der Waals surface area contributed by atoms with E-state index in [2.05, 4.69) is 28.4 Å². The van der Waals surface area contributed by atoms with Gasteiger partial charge >= 0.3 is 0 Å². The molecule has 3 rings (SSSR count). The number of thiophene rings is 1. The molecule has 0 radical (unpaired) electrons. The summed E-state index contributed by atoms with van der Waals surface area (Å²) in [5.41, 5.74) is 3.16. The molecule has 1 aromatic carbocycles. The standard InChI is InChI=1S/C19H22FN3OS/c1-14-7-8-25-19(14)13-22(10-15(2)24)11-16-9-21-23(12-16)18-5-3-17(20)4-6-18/h3-9,12,15,24H,10-11,13H2,1-2H3/t15-/m0/s1. The monoisotopic (exact) mass is 359 g/mol. The minimum absolute atomic E-state index is 0.259. The van der Waals surface area contributed by atoms with Crippen LogP contribution in [-0.2, 0) is 13.1 Å². The molecule has 2 heterocycles. The van der Waals surface area contributed by atoms with Gasteiger partial charge < -0.3 is 5.11 Å². The van der Waals surface area contributed by atoms with Gasteiger partial charge in [-0.15, -0.1) is 11.3 Å². The number of nitrogens with zero attached hydrogens (tertiary/aromatic N) is 3. The fourth-order valence-electron chi connectivity index (χ4n) is 2.76. The first kappa shape index (κ1) is 17.8. The Bertz CT molecular complexity index is 810. The Morgan fingerprint density at radius 1 is 1.24 bits per heavy atom. The Hall–Kier alpha value is -2.02. The normalized spacial score (nSPS) is 12.7. The number of halogens is 1. The summed E-state index contributed by atoms with van der Waals surface area (Å²) in [5, 5.41) is 16.3. The second-order valence-corrected chi connectivity index (χ2v) is 7.32. The summed E-state index contributed by atoms with van der Waals surface area (Å²) in [5.74, 6) is -0.259. The largest absolute Gasteiger partial charge is 0.392 e. The third-order valence-electron chi connectivity index (χ3n) is 3.99. The fourth-order valence-corrected chi connectivity index (χ4v) is 3.71. The topological polar surface area (TPSA) is 41.3 Å². The van der Waals surface area contributed by atoms with Crippen molar-refractivity contribution in [2.75, 3.05) is 6.54 Å². The zero-order valence-corrected chi connectivity index (χ0v) is 15.2. The number of rotatable bonds is 7. The van der Waals surface area contributed by atoms with Crippen LogP contribution in [0.5, 0.6) is 0 Å². The van der Waals surface area contributed by atoms with Crippen LogP contribution in [0.4, 0.5) is 4.39 Å². The Labute approximate surface area is 151 Å². The van der Waals surface area contributed by atoms with E-state index < -0.39 is 6.10 Å². The molecule has 0 fully saturated rings. The van der Waals surface area contributed by atoms with Gasteiger partial charge in [-0.05, 0) is 55.1 Å². The molecule has 0 bridgehead atoms. The van der Waals surface area contributed by atoms with Gasteiger partial charge in [0, 0.05) is 36.3 Å². The maximum atomic E-state index is 13.1. The number of hydrogen-bond acceptors (Lipinski definition) is 4. The smallest absolute Gasteiger partial charge is 0.123 e. The summed E-state index contributed by atoms with van der Waals surface area (Å²) in [6, 6.07) is 8.38. The number of aliphatic hydroxyl groups is 1. The first-order chi connectivity index (χ1) is 12.0. The minimum Gasteiger partial charge on any atom is -0.392 e. The summed E-state index contributed by atoms with van der Waals surface area (Å²) in [6.07, 6.45) is 3.37. The number of aryl methyl sites for hydroxylation is 1. The molecule has 3 aromatic rings. The molecule has 25 heavy (non-hydrogen) atoms. The molecule has 4 nitrogen and oxygen atoms in total. The van der Waals surface area contributed by atoms with E-state index in [-0.39, 0.29) is 5.82 Å². The van der Waals surface area contributed by atoms with Gasteiger partial charge in [-0.2, -0.15) is 5.10 Å². The van der Waals surface area contributed by atoms with Crippen LogP contribution in [0.25, 0.3) is 5.69 Å². The van der Waals surface area contributed by atoms with Crippen molar-refractivity contribution in [3.05, 3.63) is 69.9 Å². The first-order valence-corrected chi connectivity index (χ1v) is 9.12. The zero-order valence-electron chi connectivity index (χ0n) is 14.4. The van der Waals surface area contributed by atoms with Crippen molar-refractivity contribution in [2.24, 2.45) is 0 Å². The number of benzene rings is 1. The van der Waals surface area contributed by atoms with Gasteiger partial charge in [-0.3, -0.25) is 4.90 Å². The van der Waals surface area contributed by atoms with Crippen LogP contribution in [0.2, 0.25) is 0 Å². The maximum absolute atomic E-state index is 13.1. The van der Waals surface area contributed by atoms with E-state index in [1.54, 1.807) is 35.1 Å². The molecule has 1 atom stereocenters. The van der Waals surface area contributed by atoms with Crippen molar-refractivity contribution < 1.29 is 9.50 Å². The highest BCUT2D eigenvalue weighted by molar-refractivity contribution is 7.10. The molecule has 1 N–H and O–H groups in total. The molecule has 0 aliphatic heterocycles. The third kappa shape index (κ3) is 4.75. The SMILES string of the molecule is Cc1ccsc1CN(Cc1cnn(-c2ccc(F)cc2)c1)C[C@H](C)O. The Balaban J connectivity index is 1.73. The molecule has 0 aliphatic rings. The molecule has 0 amide bonds. The number of aliphatic hydroxyl groups excluding tert-OH is 1. The second-order valence-electron chi connectivity index (χ2n) is 6.32. The average Bonchev–Trinajstić information content (AvgIpc) is 3.17. The molecule has 2 aromatic heterocycles. The van der Waals surface area contributed by atoms with Gasteiger partial charge in [0.15, 0.2) is 0 Å². The summed E-state index contributed by atoms with van der Waals surface area (Å²) in [4.78, 5) is 3.53. The van der Waals surface area contributed by atoms with Gasteiger partial charge in [0.25, 0.3) is 0 Å². The molecule has 0 aliphatic carbocycles. The Morgan fingerprint density at radius 2 is 2.00 bits per heavy atom. The zero-order chi connectivity index (χ0) is 17.8. The van der Waals surface area contributed by atoms with Crippen LogP contribution < -0.4 is 0 Å². The van der Waals surface area contributed by atoms with Crippen molar-refractivity contribution in [3.8, 4) is 5.69 Å². The highest BCUT2D eigenvalue weighted by Crippen LogP contribution is 2.20. The molecule has 132 valence electrons. The van der Waals surface area contributed by atoms with E-state index >= 15 is 0 Å². The van der Waals surface area contributed by atoms with E-state index in [1.807, 2.05) is 12.4 Å². The molecular weight excluding hydrogens is 337 g/mol. The summed E-state index contributed by atoms with van der Waals surface area (Å²) in [7, 11) is 0. The summed E-state index contributed by atoms with van der Waals surface area (Å²) >= 11 is 1.74. The quantitative estimate of drug-likeness (QED) is 0.698. The first-order valence-electron chi connectivity index (χ1n) is 8.24. The van der Waals surface area contributed by atoms with Crippen LogP contribution >= 0.6 is 11.3 Å². The molecular formula is C19H22FN3OS. The molecule has 0 unspecified atom stereocenters. The van der Waals surface area contributed by atoms with Crippen LogP contribution in [0.15, 0.2) is 48.1 Å². The predicted molar refractivity (Wildman–Crippen MR) is 98.4 cm³/mol. The number of hydrogen-bond donors (Lipinski definition) is 1. The summed E-state index contributed by atoms with van der Waals surface area (Å²) in [6.45, 7) is 6.01. The van der Waals surface area contributed by atoms with Crippen LogP contribution in [-0.4, -0.2) is 32.4 Å². The number of aromatic nitrogens is 2. The van der Waals surface area contributed by atoms with Crippen LogP contribution in [0.1, 0.15) is 22.9 Å². The highest BCUT2D eigenvalue weighted by Gasteiger charge is 2.13. The predicted octanol–water partition coefficient (Wildman–Crippen LogP) is 3.76. The van der Waals surface area contributed by atoms with Crippen LogP contribution in [0.3, 0.4) is 0 Å². The lowest BCUT2D eigenvalue weighted by molar-refractivity contribution is 0.118. The van der Waals surface area contributed by atoms with E-state index in [0.717, 1.165) is 17.8 Å². The van der Waals surface area contributed by atoms with E-state index in [0.29, 0.717) is 13.1 Å². The maximum Gasteiger partial charge on any atom is 0.123 e. The van der Waals surface area contributed by atoms with Gasteiger partial charge in [-0.1, -0.05) is 0 Å². The molecule has 6 heteroatoms. The van der Waals surface area contributed by atoms with E-state index in [9.17, 15) is 9.50 Å². The van der Waals surface area contributed by atoms with Crippen molar-refractivity contribution in [1.29, 1.82) is 0 Å². The van der Waals surface area contributed by atoms with Gasteiger partial charge in [0.1, 0.15) is 5.82 Å². The third-order valence-corrected chi connectivity index (χ3v) is 5.00. The van der Waals surface area contributed by atoms with E-state index in [1.165, 1.54) is 22.6 Å². The van der Waals surface area contributed by atoms with Gasteiger partial charge in [-0.25, -0.2) is 9.07 Å². The lowest BCUT2D eigenvalue weighted by Crippen LogP contribution is -2.30. The minimum atomic E-state index is -0.396. The lowest BCUT2D eigenvalue weighted by Gasteiger charge is -2.23.